The van der Waals surface area contributed by atoms with E-state index in [4.69, 9.17) is 4.74 Å². The summed E-state index contributed by atoms with van der Waals surface area (Å²) in [6, 6.07) is 27.9. The highest BCUT2D eigenvalue weighted by Crippen LogP contribution is 2.31. The van der Waals surface area contributed by atoms with Gasteiger partial charge in [-0.2, -0.15) is 0 Å². The van der Waals surface area contributed by atoms with Gasteiger partial charge in [0.05, 0.1) is 18.4 Å². The first-order chi connectivity index (χ1) is 21.2. The molecule has 1 heterocycles. The second-order valence-electron chi connectivity index (χ2n) is 11.2. The molecular formula is C36H35N3O5. The van der Waals surface area contributed by atoms with Gasteiger partial charge in [-0.1, -0.05) is 80.1 Å². The number of nitrogens with zero attached hydrogens (tertiary/aromatic N) is 2. The van der Waals surface area contributed by atoms with Crippen LogP contribution in [0.4, 0.5) is 11.4 Å². The first kappa shape index (κ1) is 30.2. The molecule has 3 amide bonds. The lowest BCUT2D eigenvalue weighted by molar-refractivity contribution is -0.139. The van der Waals surface area contributed by atoms with Crippen LogP contribution in [0.3, 0.4) is 0 Å². The normalized spacial score (nSPS) is 13.1. The maximum absolute atomic E-state index is 14.3. The highest BCUT2D eigenvalue weighted by Gasteiger charge is 2.39. The van der Waals surface area contributed by atoms with Gasteiger partial charge in [0.25, 0.3) is 17.6 Å². The van der Waals surface area contributed by atoms with Crippen molar-refractivity contribution in [3.63, 3.8) is 0 Å². The summed E-state index contributed by atoms with van der Waals surface area (Å²) in [6.45, 7) is 5.85. The number of hydrogen-bond acceptors (Lipinski definition) is 5. The highest BCUT2D eigenvalue weighted by molar-refractivity contribution is 6.52. The molecular weight excluding hydrogens is 554 g/mol. The molecule has 1 atom stereocenters. The molecule has 1 unspecified atom stereocenters. The third kappa shape index (κ3) is 6.39. The number of anilines is 2. The van der Waals surface area contributed by atoms with Crippen LogP contribution in [0.25, 0.3) is 0 Å². The Morgan fingerprint density at radius 2 is 1.48 bits per heavy atom. The third-order valence-electron chi connectivity index (χ3n) is 7.80. The fourth-order valence-corrected chi connectivity index (χ4v) is 5.27. The number of methoxy groups -OCH3 is 1. The Kier molecular flexibility index (Phi) is 8.90. The van der Waals surface area contributed by atoms with Gasteiger partial charge in [0.1, 0.15) is 18.3 Å². The summed E-state index contributed by atoms with van der Waals surface area (Å²) in [5.41, 5.74) is 4.76. The zero-order valence-corrected chi connectivity index (χ0v) is 25.2. The minimum Gasteiger partial charge on any atom is -0.497 e. The monoisotopic (exact) mass is 589 g/mol. The van der Waals surface area contributed by atoms with Crippen molar-refractivity contribution in [2.24, 2.45) is 0 Å². The quantitative estimate of drug-likeness (QED) is 0.227. The first-order valence-electron chi connectivity index (χ1n) is 14.5. The summed E-state index contributed by atoms with van der Waals surface area (Å²) in [5, 5.41) is 2.96. The number of rotatable bonds is 10. The maximum Gasteiger partial charge on any atom is 0.299 e. The predicted octanol–water partition coefficient (Wildman–Crippen LogP) is 6.07. The summed E-state index contributed by atoms with van der Waals surface area (Å²) < 4.78 is 5.25. The predicted molar refractivity (Wildman–Crippen MR) is 170 cm³/mol. The number of carbonyl (C=O) groups excluding carboxylic acids is 4. The SMILES string of the molecule is COc1ccc(NC(=O)C(c2ccc(C(C)C)cc2)N(Cc2ccc(C)cc2)C(=O)CN2C(=O)C(=O)c3ccccc32)cc1. The van der Waals surface area contributed by atoms with Crippen molar-refractivity contribution in [2.75, 3.05) is 23.9 Å². The molecule has 0 fully saturated rings. The van der Waals surface area contributed by atoms with Crippen LogP contribution in [0.2, 0.25) is 0 Å². The van der Waals surface area contributed by atoms with Crippen molar-refractivity contribution >= 4 is 34.9 Å². The molecule has 0 aromatic heterocycles. The molecule has 1 N–H and O–H groups in total. The molecule has 8 nitrogen and oxygen atoms in total. The number of ether oxygens (including phenoxy) is 1. The van der Waals surface area contributed by atoms with Crippen LogP contribution in [-0.2, 0) is 20.9 Å². The zero-order chi connectivity index (χ0) is 31.4. The van der Waals surface area contributed by atoms with Gasteiger partial charge in [0, 0.05) is 12.2 Å². The largest absolute Gasteiger partial charge is 0.497 e. The van der Waals surface area contributed by atoms with Crippen LogP contribution < -0.4 is 15.0 Å². The molecule has 0 bridgehead atoms. The second kappa shape index (κ2) is 13.0. The molecule has 224 valence electrons. The fourth-order valence-electron chi connectivity index (χ4n) is 5.27. The number of para-hydroxylation sites is 1. The van der Waals surface area contributed by atoms with Gasteiger partial charge in [-0.05, 0) is 65.9 Å². The lowest BCUT2D eigenvalue weighted by Crippen LogP contribution is -2.46. The van der Waals surface area contributed by atoms with Crippen molar-refractivity contribution in [1.82, 2.24) is 4.90 Å². The molecule has 4 aromatic rings. The average molecular weight is 590 g/mol. The van der Waals surface area contributed by atoms with E-state index >= 15 is 0 Å². The topological polar surface area (TPSA) is 96.0 Å². The number of amides is 3. The number of Topliss-reactive ketones (excluding diaryl/α,β-unsaturated/α-hetero) is 1. The molecule has 1 aliphatic rings. The Hall–Kier alpha value is -5.24. The van der Waals surface area contributed by atoms with Crippen LogP contribution >= 0.6 is 0 Å². The number of fused-ring (bicyclic) bond motifs is 1. The minimum absolute atomic E-state index is 0.101. The Morgan fingerprint density at radius 3 is 2.11 bits per heavy atom. The van der Waals surface area contributed by atoms with Gasteiger partial charge >= 0.3 is 0 Å². The van der Waals surface area contributed by atoms with Crippen molar-refractivity contribution in [3.8, 4) is 5.75 Å². The maximum atomic E-state index is 14.3. The number of nitrogens with one attached hydrogen (secondary N) is 1. The van der Waals surface area contributed by atoms with Crippen molar-refractivity contribution in [3.05, 3.63) is 125 Å². The van der Waals surface area contributed by atoms with Crippen LogP contribution in [0.1, 0.15) is 58.4 Å². The van der Waals surface area contributed by atoms with E-state index in [2.05, 4.69) is 19.2 Å². The standard InChI is InChI=1S/C36H35N3O5/c1-23(2)26-13-15-27(16-14-26)33(35(42)37-28-17-19-29(44-4)20-18-28)39(21-25-11-9-24(3)10-12-25)32(40)22-38-31-8-6-5-7-30(31)34(41)36(38)43/h5-20,23,33H,21-22H2,1-4H3,(H,37,42). The van der Waals surface area contributed by atoms with Crippen LogP contribution in [0.15, 0.2) is 97.1 Å². The molecule has 0 saturated carbocycles. The van der Waals surface area contributed by atoms with E-state index in [9.17, 15) is 19.2 Å². The third-order valence-corrected chi connectivity index (χ3v) is 7.80. The van der Waals surface area contributed by atoms with Gasteiger partial charge in [0.15, 0.2) is 0 Å². The summed E-state index contributed by atoms with van der Waals surface area (Å²) in [7, 11) is 1.57. The van der Waals surface area contributed by atoms with E-state index in [-0.39, 0.29) is 18.0 Å². The molecule has 4 aromatic carbocycles. The average Bonchev–Trinajstić information content (AvgIpc) is 3.27. The molecule has 1 aliphatic heterocycles. The zero-order valence-electron chi connectivity index (χ0n) is 25.2. The van der Waals surface area contributed by atoms with Gasteiger partial charge < -0.3 is 15.0 Å². The van der Waals surface area contributed by atoms with E-state index in [1.165, 1.54) is 9.80 Å². The number of ketones is 1. The smallest absolute Gasteiger partial charge is 0.299 e. The van der Waals surface area contributed by atoms with Crippen molar-refractivity contribution in [2.45, 2.75) is 39.3 Å². The number of aryl methyl sites for hydroxylation is 1. The Balaban J connectivity index is 1.55. The summed E-state index contributed by atoms with van der Waals surface area (Å²) in [6.07, 6.45) is 0. The van der Waals surface area contributed by atoms with E-state index in [0.29, 0.717) is 22.7 Å². The molecule has 5 rings (SSSR count). The van der Waals surface area contributed by atoms with Crippen LogP contribution in [0, 0.1) is 6.92 Å². The van der Waals surface area contributed by atoms with Gasteiger partial charge in [-0.3, -0.25) is 24.1 Å². The summed E-state index contributed by atoms with van der Waals surface area (Å²) in [5.74, 6) is -1.40. The molecule has 0 aliphatic carbocycles. The first-order valence-corrected chi connectivity index (χ1v) is 14.5. The highest BCUT2D eigenvalue weighted by atomic mass is 16.5. The number of hydrogen-bond donors (Lipinski definition) is 1. The summed E-state index contributed by atoms with van der Waals surface area (Å²) in [4.78, 5) is 56.8. The minimum atomic E-state index is -1.05. The van der Waals surface area contributed by atoms with Gasteiger partial charge in [-0.25, -0.2) is 0 Å². The Morgan fingerprint density at radius 1 is 0.841 bits per heavy atom. The molecule has 44 heavy (non-hydrogen) atoms. The molecule has 0 spiro atoms. The Labute approximate surface area is 257 Å². The van der Waals surface area contributed by atoms with E-state index in [1.807, 2.05) is 55.5 Å². The fraction of sp³-hybridized carbons (Fsp3) is 0.222. The van der Waals surface area contributed by atoms with Crippen LogP contribution in [0.5, 0.6) is 5.75 Å². The number of carbonyl (C=O) groups is 4. The van der Waals surface area contributed by atoms with Crippen molar-refractivity contribution in [1.29, 1.82) is 0 Å². The van der Waals surface area contributed by atoms with Crippen LogP contribution in [-0.4, -0.2) is 42.1 Å². The van der Waals surface area contributed by atoms with E-state index < -0.39 is 36.1 Å². The van der Waals surface area contributed by atoms with Crippen molar-refractivity contribution < 1.29 is 23.9 Å². The molecule has 8 heteroatoms. The second-order valence-corrected chi connectivity index (χ2v) is 11.2. The Bertz CT molecular complexity index is 1680. The summed E-state index contributed by atoms with van der Waals surface area (Å²) >= 11 is 0. The lowest BCUT2D eigenvalue weighted by atomic mass is 9.97. The van der Waals surface area contributed by atoms with Gasteiger partial charge in [0.2, 0.25) is 5.91 Å². The van der Waals surface area contributed by atoms with Gasteiger partial charge in [-0.15, -0.1) is 0 Å². The lowest BCUT2D eigenvalue weighted by Gasteiger charge is -2.33. The van der Waals surface area contributed by atoms with E-state index in [1.54, 1.807) is 55.6 Å². The molecule has 0 saturated heterocycles. The number of benzene rings is 4. The van der Waals surface area contributed by atoms with E-state index in [0.717, 1.165) is 16.7 Å². The molecule has 0 radical (unpaired) electrons.